The molecule has 0 aliphatic heterocycles. The monoisotopic (exact) mass is 257 g/mol. The van der Waals surface area contributed by atoms with Crippen LogP contribution in [0.3, 0.4) is 0 Å². The van der Waals surface area contributed by atoms with Gasteiger partial charge in [0.15, 0.2) is 11.5 Å². The first-order chi connectivity index (χ1) is 7.95. The van der Waals surface area contributed by atoms with E-state index in [1.807, 2.05) is 0 Å². The van der Waals surface area contributed by atoms with Gasteiger partial charge in [0.05, 0.1) is 7.11 Å². The quantitative estimate of drug-likeness (QED) is 0.851. The van der Waals surface area contributed by atoms with Crippen LogP contribution in [-0.4, -0.2) is 18.3 Å². The Morgan fingerprint density at radius 1 is 1.35 bits per heavy atom. The van der Waals surface area contributed by atoms with Crippen LogP contribution in [0.2, 0.25) is 5.02 Å². The van der Waals surface area contributed by atoms with Gasteiger partial charge in [-0.3, -0.25) is 0 Å². The number of halogens is 1. The molecule has 1 atom stereocenters. The molecule has 0 amide bonds. The molecule has 0 aliphatic carbocycles. The van der Waals surface area contributed by atoms with Gasteiger partial charge in [-0.2, -0.15) is 0 Å². The Labute approximate surface area is 108 Å². The molecule has 2 N–H and O–H groups in total. The molecule has 1 unspecified atom stereocenters. The summed E-state index contributed by atoms with van der Waals surface area (Å²) in [6.45, 7) is 6.98. The zero-order chi connectivity index (χ0) is 13.0. The fraction of sp³-hybridized carbons (Fsp3) is 0.538. The molecule has 0 spiro atoms. The molecular weight excluding hydrogens is 238 g/mol. The Bertz CT molecular complexity index is 380. The number of ether oxygens (including phenoxy) is 1. The van der Waals surface area contributed by atoms with Crippen molar-refractivity contribution in [2.45, 2.75) is 33.4 Å². The van der Waals surface area contributed by atoms with Crippen molar-refractivity contribution >= 4 is 11.6 Å². The first-order valence-electron chi connectivity index (χ1n) is 5.74. The van der Waals surface area contributed by atoms with Crippen LogP contribution in [-0.2, 0) is 6.54 Å². The van der Waals surface area contributed by atoms with Crippen molar-refractivity contribution in [3.8, 4) is 11.5 Å². The van der Waals surface area contributed by atoms with Crippen molar-refractivity contribution in [3.63, 3.8) is 0 Å². The summed E-state index contributed by atoms with van der Waals surface area (Å²) in [5.74, 6) is 1.10. The van der Waals surface area contributed by atoms with Gasteiger partial charge in [0.2, 0.25) is 0 Å². The summed E-state index contributed by atoms with van der Waals surface area (Å²) in [6, 6.07) is 3.73. The Balaban J connectivity index is 2.80. The molecule has 1 aromatic carbocycles. The van der Waals surface area contributed by atoms with E-state index >= 15 is 0 Å². The average molecular weight is 258 g/mol. The molecule has 0 fully saturated rings. The zero-order valence-electron chi connectivity index (χ0n) is 10.7. The van der Waals surface area contributed by atoms with Crippen LogP contribution in [0, 0.1) is 5.92 Å². The molecule has 0 heterocycles. The highest BCUT2D eigenvalue weighted by Crippen LogP contribution is 2.33. The van der Waals surface area contributed by atoms with Gasteiger partial charge in [0, 0.05) is 29.2 Å². The predicted molar refractivity (Wildman–Crippen MR) is 70.8 cm³/mol. The lowest BCUT2D eigenvalue weighted by atomic mass is 10.1. The lowest BCUT2D eigenvalue weighted by Gasteiger charge is -2.18. The molecule has 0 aliphatic rings. The molecule has 1 rings (SSSR count). The van der Waals surface area contributed by atoms with Gasteiger partial charge < -0.3 is 15.2 Å². The zero-order valence-corrected chi connectivity index (χ0v) is 11.5. The third-order valence-electron chi connectivity index (χ3n) is 2.95. The number of benzene rings is 1. The Hall–Kier alpha value is -0.930. The average Bonchev–Trinajstić information content (AvgIpc) is 2.29. The first kappa shape index (κ1) is 14.1. The van der Waals surface area contributed by atoms with E-state index < -0.39 is 0 Å². The minimum Gasteiger partial charge on any atom is -0.504 e. The molecule has 0 aromatic heterocycles. The second-order valence-electron chi connectivity index (χ2n) is 4.53. The van der Waals surface area contributed by atoms with Gasteiger partial charge in [0.25, 0.3) is 0 Å². The van der Waals surface area contributed by atoms with Crippen molar-refractivity contribution < 1.29 is 9.84 Å². The molecule has 0 saturated heterocycles. The van der Waals surface area contributed by atoms with Gasteiger partial charge in [0.1, 0.15) is 0 Å². The lowest BCUT2D eigenvalue weighted by molar-refractivity contribution is 0.366. The summed E-state index contributed by atoms with van der Waals surface area (Å²) in [4.78, 5) is 0. The van der Waals surface area contributed by atoms with Crippen molar-refractivity contribution in [2.75, 3.05) is 7.11 Å². The molecule has 96 valence electrons. The topological polar surface area (TPSA) is 41.5 Å². The van der Waals surface area contributed by atoms with Crippen LogP contribution in [0.15, 0.2) is 12.1 Å². The smallest absolute Gasteiger partial charge is 0.162 e. The predicted octanol–water partition coefficient (Wildman–Crippen LogP) is 3.19. The number of hydrogen-bond donors (Lipinski definition) is 2. The molecule has 0 saturated carbocycles. The summed E-state index contributed by atoms with van der Waals surface area (Å²) in [6.07, 6.45) is 0. The summed E-state index contributed by atoms with van der Waals surface area (Å²) < 4.78 is 5.06. The third-order valence-corrected chi connectivity index (χ3v) is 3.17. The third kappa shape index (κ3) is 3.79. The highest BCUT2D eigenvalue weighted by molar-refractivity contribution is 6.30. The minimum atomic E-state index is 0.153. The van der Waals surface area contributed by atoms with E-state index in [9.17, 15) is 5.11 Å². The number of rotatable bonds is 5. The minimum absolute atomic E-state index is 0.153. The summed E-state index contributed by atoms with van der Waals surface area (Å²) in [5, 5.41) is 13.8. The maximum Gasteiger partial charge on any atom is 0.162 e. The van der Waals surface area contributed by atoms with Gasteiger partial charge in [-0.15, -0.1) is 0 Å². The Morgan fingerprint density at radius 2 is 2.00 bits per heavy atom. The number of aromatic hydroxyl groups is 1. The maximum absolute atomic E-state index is 9.94. The molecular formula is C13H20ClNO2. The molecule has 17 heavy (non-hydrogen) atoms. The normalized spacial score (nSPS) is 12.8. The summed E-state index contributed by atoms with van der Waals surface area (Å²) in [7, 11) is 1.51. The number of methoxy groups -OCH3 is 1. The van der Waals surface area contributed by atoms with Crippen LogP contribution in [0.25, 0.3) is 0 Å². The van der Waals surface area contributed by atoms with Crippen molar-refractivity contribution in [1.29, 1.82) is 0 Å². The van der Waals surface area contributed by atoms with Crippen molar-refractivity contribution in [3.05, 3.63) is 22.7 Å². The van der Waals surface area contributed by atoms with Gasteiger partial charge in [-0.1, -0.05) is 25.4 Å². The second-order valence-corrected chi connectivity index (χ2v) is 4.97. The van der Waals surface area contributed by atoms with Crippen LogP contribution in [0.5, 0.6) is 11.5 Å². The molecule has 0 bridgehead atoms. The van der Waals surface area contributed by atoms with Crippen LogP contribution < -0.4 is 10.1 Å². The largest absolute Gasteiger partial charge is 0.504 e. The standard InChI is InChI=1S/C13H20ClNO2/c1-8(2)9(3)15-7-10-5-11(14)6-12(17-4)13(10)16/h5-6,8-9,15-16H,7H2,1-4H3. The van der Waals surface area contributed by atoms with E-state index in [-0.39, 0.29) is 5.75 Å². The van der Waals surface area contributed by atoms with E-state index in [0.717, 1.165) is 5.56 Å². The number of phenols is 1. The lowest BCUT2D eigenvalue weighted by Crippen LogP contribution is -2.30. The highest BCUT2D eigenvalue weighted by atomic mass is 35.5. The van der Waals surface area contributed by atoms with E-state index in [0.29, 0.717) is 29.3 Å². The first-order valence-corrected chi connectivity index (χ1v) is 6.12. The summed E-state index contributed by atoms with van der Waals surface area (Å²) >= 11 is 5.96. The van der Waals surface area contributed by atoms with E-state index in [2.05, 4.69) is 26.1 Å². The van der Waals surface area contributed by atoms with Crippen LogP contribution in [0.1, 0.15) is 26.3 Å². The number of hydrogen-bond acceptors (Lipinski definition) is 3. The molecule has 0 radical (unpaired) electrons. The van der Waals surface area contributed by atoms with Crippen molar-refractivity contribution in [2.24, 2.45) is 5.92 Å². The van der Waals surface area contributed by atoms with E-state index in [1.54, 1.807) is 12.1 Å². The molecule has 3 nitrogen and oxygen atoms in total. The summed E-state index contributed by atoms with van der Waals surface area (Å²) in [5.41, 5.74) is 0.752. The van der Waals surface area contributed by atoms with Crippen molar-refractivity contribution in [1.82, 2.24) is 5.32 Å². The second kappa shape index (κ2) is 6.12. The number of nitrogens with one attached hydrogen (secondary N) is 1. The number of phenolic OH excluding ortho intramolecular Hbond substituents is 1. The fourth-order valence-electron chi connectivity index (χ4n) is 1.43. The maximum atomic E-state index is 9.94. The molecule has 4 heteroatoms. The van der Waals surface area contributed by atoms with Crippen LogP contribution in [0.4, 0.5) is 0 Å². The van der Waals surface area contributed by atoms with Crippen LogP contribution >= 0.6 is 11.6 Å². The van der Waals surface area contributed by atoms with Gasteiger partial charge in [-0.05, 0) is 18.9 Å². The van der Waals surface area contributed by atoms with E-state index in [4.69, 9.17) is 16.3 Å². The van der Waals surface area contributed by atoms with Gasteiger partial charge >= 0.3 is 0 Å². The fourth-order valence-corrected chi connectivity index (χ4v) is 1.66. The molecule has 1 aromatic rings. The van der Waals surface area contributed by atoms with E-state index in [1.165, 1.54) is 7.11 Å². The Morgan fingerprint density at radius 3 is 2.53 bits per heavy atom. The Kier molecular flexibility index (Phi) is 5.09. The SMILES string of the molecule is COc1cc(Cl)cc(CNC(C)C(C)C)c1O. The van der Waals surface area contributed by atoms with Gasteiger partial charge in [-0.25, -0.2) is 0 Å². The highest BCUT2D eigenvalue weighted by Gasteiger charge is 2.12.